The molecule has 0 radical (unpaired) electrons. The molecule has 2 N–H and O–H groups in total. The molecule has 22 heavy (non-hydrogen) atoms. The molecule has 1 aromatic carbocycles. The van der Waals surface area contributed by atoms with Crippen LogP contribution in [0.5, 0.6) is 11.5 Å². The Morgan fingerprint density at radius 2 is 1.86 bits per heavy atom. The summed E-state index contributed by atoms with van der Waals surface area (Å²) in [5.74, 6) is 1.51. The lowest BCUT2D eigenvalue weighted by Gasteiger charge is -2.09. The number of urea groups is 1. The molecule has 0 aliphatic carbocycles. The topological polar surface area (TPSA) is 72.5 Å². The summed E-state index contributed by atoms with van der Waals surface area (Å²) in [6.07, 6.45) is 1.69. The van der Waals surface area contributed by atoms with Gasteiger partial charge in [-0.2, -0.15) is 0 Å². The molecule has 0 fully saturated rings. The molecule has 116 valence electrons. The van der Waals surface area contributed by atoms with Gasteiger partial charge in [0, 0.05) is 6.20 Å². The molecule has 0 saturated heterocycles. The van der Waals surface area contributed by atoms with Crippen LogP contribution in [0.4, 0.5) is 4.79 Å². The lowest BCUT2D eigenvalue weighted by Crippen LogP contribution is -2.37. The molecular weight excluding hydrogens is 282 g/mol. The highest BCUT2D eigenvalue weighted by molar-refractivity contribution is 5.73. The molecule has 6 nitrogen and oxygen atoms in total. The molecule has 0 spiro atoms. The Morgan fingerprint density at radius 1 is 1.09 bits per heavy atom. The van der Waals surface area contributed by atoms with Crippen molar-refractivity contribution < 1.29 is 14.3 Å². The van der Waals surface area contributed by atoms with E-state index >= 15 is 0 Å². The van der Waals surface area contributed by atoms with Crippen LogP contribution in [0.1, 0.15) is 5.69 Å². The lowest BCUT2D eigenvalue weighted by atomic mass is 10.3. The Kier molecular flexibility index (Phi) is 6.04. The molecule has 0 aliphatic heterocycles. The largest absolute Gasteiger partial charge is 0.497 e. The predicted molar refractivity (Wildman–Crippen MR) is 83.0 cm³/mol. The average molecular weight is 301 g/mol. The number of carbonyl (C=O) groups excluding carboxylic acids is 1. The summed E-state index contributed by atoms with van der Waals surface area (Å²) < 4.78 is 10.6. The Bertz CT molecular complexity index is 573. The minimum absolute atomic E-state index is 0.246. The molecule has 0 saturated carbocycles. The third kappa shape index (κ3) is 5.32. The quantitative estimate of drug-likeness (QED) is 0.767. The van der Waals surface area contributed by atoms with E-state index in [0.29, 0.717) is 19.7 Å². The number of nitrogens with one attached hydrogen (secondary N) is 2. The first-order valence-corrected chi connectivity index (χ1v) is 6.96. The molecule has 2 rings (SSSR count). The molecule has 2 amide bonds. The maximum Gasteiger partial charge on any atom is 0.315 e. The first kappa shape index (κ1) is 15.6. The van der Waals surface area contributed by atoms with Crippen molar-refractivity contribution in [2.75, 3.05) is 20.3 Å². The number of rotatable bonds is 7. The Morgan fingerprint density at radius 3 is 2.55 bits per heavy atom. The van der Waals surface area contributed by atoms with E-state index in [1.54, 1.807) is 13.3 Å². The monoisotopic (exact) mass is 301 g/mol. The normalized spacial score (nSPS) is 9.86. The minimum Gasteiger partial charge on any atom is -0.497 e. The van der Waals surface area contributed by atoms with E-state index in [4.69, 9.17) is 9.47 Å². The molecule has 1 heterocycles. The van der Waals surface area contributed by atoms with Gasteiger partial charge in [-0.3, -0.25) is 4.98 Å². The van der Waals surface area contributed by atoms with Gasteiger partial charge in [0.15, 0.2) is 0 Å². The first-order chi connectivity index (χ1) is 10.8. The van der Waals surface area contributed by atoms with Gasteiger partial charge < -0.3 is 20.1 Å². The second-order valence-electron chi connectivity index (χ2n) is 4.45. The summed E-state index contributed by atoms with van der Waals surface area (Å²) in [5, 5.41) is 5.45. The van der Waals surface area contributed by atoms with Crippen LogP contribution in [0.25, 0.3) is 0 Å². The fourth-order valence-electron chi connectivity index (χ4n) is 1.74. The summed E-state index contributed by atoms with van der Waals surface area (Å²) in [6, 6.07) is 12.6. The molecule has 0 bridgehead atoms. The summed E-state index contributed by atoms with van der Waals surface area (Å²) in [7, 11) is 1.61. The van der Waals surface area contributed by atoms with Crippen LogP contribution in [-0.4, -0.2) is 31.3 Å². The highest BCUT2D eigenvalue weighted by atomic mass is 16.5. The van der Waals surface area contributed by atoms with Crippen LogP contribution in [0.15, 0.2) is 48.7 Å². The Balaban J connectivity index is 1.60. The van der Waals surface area contributed by atoms with E-state index in [1.165, 1.54) is 0 Å². The van der Waals surface area contributed by atoms with Crippen LogP contribution in [0.3, 0.4) is 0 Å². The molecule has 0 aliphatic rings. The molecule has 6 heteroatoms. The van der Waals surface area contributed by atoms with Gasteiger partial charge in [0.2, 0.25) is 0 Å². The fourth-order valence-corrected chi connectivity index (χ4v) is 1.74. The highest BCUT2D eigenvalue weighted by Gasteiger charge is 2.01. The SMILES string of the molecule is COc1ccc(OCCNC(=O)NCc2ccccn2)cc1. The number of amides is 2. The number of hydrogen-bond acceptors (Lipinski definition) is 4. The van der Waals surface area contributed by atoms with Crippen molar-refractivity contribution in [3.05, 3.63) is 54.4 Å². The maximum atomic E-state index is 11.6. The van der Waals surface area contributed by atoms with E-state index in [9.17, 15) is 4.79 Å². The number of benzene rings is 1. The van der Waals surface area contributed by atoms with Gasteiger partial charge in [-0.1, -0.05) is 6.07 Å². The fraction of sp³-hybridized carbons (Fsp3) is 0.250. The van der Waals surface area contributed by atoms with E-state index in [2.05, 4.69) is 15.6 Å². The molecule has 0 unspecified atom stereocenters. The number of pyridine rings is 1. The number of methoxy groups -OCH3 is 1. The van der Waals surface area contributed by atoms with Crippen molar-refractivity contribution in [3.63, 3.8) is 0 Å². The zero-order chi connectivity index (χ0) is 15.6. The van der Waals surface area contributed by atoms with Gasteiger partial charge in [-0.25, -0.2) is 4.79 Å². The van der Waals surface area contributed by atoms with Crippen LogP contribution in [-0.2, 0) is 6.54 Å². The van der Waals surface area contributed by atoms with Crippen molar-refractivity contribution in [3.8, 4) is 11.5 Å². The third-order valence-corrected chi connectivity index (χ3v) is 2.87. The Hall–Kier alpha value is -2.76. The van der Waals surface area contributed by atoms with E-state index in [0.717, 1.165) is 17.2 Å². The Labute approximate surface area is 129 Å². The number of carbonyl (C=O) groups is 1. The first-order valence-electron chi connectivity index (χ1n) is 6.96. The van der Waals surface area contributed by atoms with Crippen molar-refractivity contribution >= 4 is 6.03 Å². The molecular formula is C16H19N3O3. The van der Waals surface area contributed by atoms with Gasteiger partial charge in [0.05, 0.1) is 25.9 Å². The zero-order valence-electron chi connectivity index (χ0n) is 12.4. The summed E-state index contributed by atoms with van der Waals surface area (Å²) in [5.41, 5.74) is 0.812. The van der Waals surface area contributed by atoms with Crippen molar-refractivity contribution in [2.45, 2.75) is 6.54 Å². The second-order valence-corrected chi connectivity index (χ2v) is 4.45. The molecule has 2 aromatic rings. The van der Waals surface area contributed by atoms with Gasteiger partial charge in [-0.05, 0) is 36.4 Å². The predicted octanol–water partition coefficient (Wildman–Crippen LogP) is 1.97. The molecule has 1 aromatic heterocycles. The number of ether oxygens (including phenoxy) is 2. The lowest BCUT2D eigenvalue weighted by molar-refractivity contribution is 0.236. The standard InChI is InChI=1S/C16H19N3O3/c1-21-14-5-7-15(8-6-14)22-11-10-18-16(20)19-12-13-4-2-3-9-17-13/h2-9H,10-12H2,1H3,(H2,18,19,20). The van der Waals surface area contributed by atoms with Crippen LogP contribution >= 0.6 is 0 Å². The van der Waals surface area contributed by atoms with E-state index < -0.39 is 0 Å². The van der Waals surface area contributed by atoms with Gasteiger partial charge in [0.1, 0.15) is 18.1 Å². The van der Waals surface area contributed by atoms with Gasteiger partial charge in [0.25, 0.3) is 0 Å². The summed E-state index contributed by atoms with van der Waals surface area (Å²) in [4.78, 5) is 15.7. The van der Waals surface area contributed by atoms with Crippen LogP contribution in [0, 0.1) is 0 Å². The number of nitrogens with zero attached hydrogens (tertiary/aromatic N) is 1. The van der Waals surface area contributed by atoms with E-state index in [-0.39, 0.29) is 6.03 Å². The smallest absolute Gasteiger partial charge is 0.315 e. The third-order valence-electron chi connectivity index (χ3n) is 2.87. The number of aromatic nitrogens is 1. The van der Waals surface area contributed by atoms with Crippen molar-refractivity contribution in [1.82, 2.24) is 15.6 Å². The van der Waals surface area contributed by atoms with Crippen LogP contribution in [0.2, 0.25) is 0 Å². The average Bonchev–Trinajstić information content (AvgIpc) is 2.58. The van der Waals surface area contributed by atoms with Gasteiger partial charge >= 0.3 is 6.03 Å². The molecule has 0 atom stereocenters. The summed E-state index contributed by atoms with van der Waals surface area (Å²) in [6.45, 7) is 1.20. The summed E-state index contributed by atoms with van der Waals surface area (Å²) >= 11 is 0. The van der Waals surface area contributed by atoms with Crippen molar-refractivity contribution in [2.24, 2.45) is 0 Å². The highest BCUT2D eigenvalue weighted by Crippen LogP contribution is 2.16. The number of hydrogen-bond donors (Lipinski definition) is 2. The zero-order valence-corrected chi connectivity index (χ0v) is 12.4. The van der Waals surface area contributed by atoms with Gasteiger partial charge in [-0.15, -0.1) is 0 Å². The second kappa shape index (κ2) is 8.51. The maximum absolute atomic E-state index is 11.6. The van der Waals surface area contributed by atoms with E-state index in [1.807, 2.05) is 42.5 Å². The minimum atomic E-state index is -0.246. The van der Waals surface area contributed by atoms with Crippen LogP contribution < -0.4 is 20.1 Å². The van der Waals surface area contributed by atoms with Crippen molar-refractivity contribution in [1.29, 1.82) is 0 Å².